The highest BCUT2D eigenvalue weighted by molar-refractivity contribution is 9.10. The van der Waals surface area contributed by atoms with Crippen molar-refractivity contribution in [1.29, 1.82) is 0 Å². The summed E-state index contributed by atoms with van der Waals surface area (Å²) in [6.45, 7) is 1.87. The molecule has 5 heteroatoms. The minimum Gasteiger partial charge on any atom is -0.321 e. The molecule has 0 spiro atoms. The first-order chi connectivity index (χ1) is 7.65. The maximum absolute atomic E-state index is 5.69. The van der Waals surface area contributed by atoms with Gasteiger partial charge in [0.05, 0.1) is 6.04 Å². The zero-order chi connectivity index (χ0) is 11.5. The number of nitrogens with zero attached hydrogens (tertiary/aromatic N) is 2. The van der Waals surface area contributed by atoms with Crippen LogP contribution in [0.3, 0.4) is 0 Å². The van der Waals surface area contributed by atoms with Gasteiger partial charge in [-0.15, -0.1) is 0 Å². The van der Waals surface area contributed by atoms with Crippen LogP contribution in [0, 0.1) is 0 Å². The Morgan fingerprint density at radius 3 is 2.94 bits per heavy atom. The molecule has 2 rings (SSSR count). The average Bonchev–Trinajstić information content (AvgIpc) is 2.66. The van der Waals surface area contributed by atoms with Gasteiger partial charge >= 0.3 is 0 Å². The second-order valence-electron chi connectivity index (χ2n) is 3.74. The minimum absolute atomic E-state index is 0.132. The van der Waals surface area contributed by atoms with E-state index in [1.165, 1.54) is 5.56 Å². The van der Waals surface area contributed by atoms with Crippen LogP contribution in [0.5, 0.6) is 0 Å². The highest BCUT2D eigenvalue weighted by atomic mass is 79.9. The number of hydrogen-bond acceptors (Lipinski definition) is 3. The third-order valence-corrected chi connectivity index (χ3v) is 2.71. The highest BCUT2D eigenvalue weighted by Gasteiger charge is 2.07. The predicted octanol–water partition coefficient (Wildman–Crippen LogP) is 2.18. The molecule has 16 heavy (non-hydrogen) atoms. The molecule has 3 N–H and O–H groups in total. The van der Waals surface area contributed by atoms with Gasteiger partial charge in [0.2, 0.25) is 0 Å². The van der Waals surface area contributed by atoms with Crippen molar-refractivity contribution >= 4 is 15.9 Å². The summed E-state index contributed by atoms with van der Waals surface area (Å²) in [5.41, 5.74) is 6.87. The maximum Gasteiger partial charge on any atom is 0.167 e. The van der Waals surface area contributed by atoms with E-state index in [2.05, 4.69) is 43.2 Å². The summed E-state index contributed by atoms with van der Waals surface area (Å²) in [5.74, 6) is 1.50. The number of halogens is 1. The molecule has 0 amide bonds. The van der Waals surface area contributed by atoms with E-state index in [-0.39, 0.29) is 6.04 Å². The number of rotatable bonds is 3. The monoisotopic (exact) mass is 280 g/mol. The Bertz CT molecular complexity index is 478. The number of benzene rings is 1. The van der Waals surface area contributed by atoms with E-state index in [0.29, 0.717) is 5.82 Å². The molecular formula is C11H13BrN4. The zero-order valence-corrected chi connectivity index (χ0v) is 10.5. The van der Waals surface area contributed by atoms with Gasteiger partial charge in [-0.2, -0.15) is 5.10 Å². The van der Waals surface area contributed by atoms with Crippen molar-refractivity contribution in [2.24, 2.45) is 5.73 Å². The van der Waals surface area contributed by atoms with Crippen LogP contribution in [-0.2, 0) is 6.42 Å². The molecular weight excluding hydrogens is 268 g/mol. The molecule has 1 aromatic heterocycles. The number of aromatic nitrogens is 3. The Kier molecular flexibility index (Phi) is 3.36. The van der Waals surface area contributed by atoms with E-state index in [1.807, 2.05) is 19.1 Å². The lowest BCUT2D eigenvalue weighted by molar-refractivity contribution is 0.744. The van der Waals surface area contributed by atoms with Gasteiger partial charge in [-0.3, -0.25) is 5.10 Å². The van der Waals surface area contributed by atoms with Gasteiger partial charge < -0.3 is 5.73 Å². The topological polar surface area (TPSA) is 67.6 Å². The molecule has 0 radical (unpaired) electrons. The van der Waals surface area contributed by atoms with Gasteiger partial charge in [-0.25, -0.2) is 4.98 Å². The van der Waals surface area contributed by atoms with E-state index in [0.717, 1.165) is 16.7 Å². The number of hydrogen-bond donors (Lipinski definition) is 2. The van der Waals surface area contributed by atoms with Crippen molar-refractivity contribution in [1.82, 2.24) is 15.2 Å². The van der Waals surface area contributed by atoms with Gasteiger partial charge in [0.15, 0.2) is 5.82 Å². The molecule has 84 valence electrons. The standard InChI is InChI=1S/C11H13BrN4/c1-7(13)11-14-10(15-16-11)6-8-3-2-4-9(12)5-8/h2-5,7H,6,13H2,1H3,(H,14,15,16). The van der Waals surface area contributed by atoms with E-state index >= 15 is 0 Å². The third-order valence-electron chi connectivity index (χ3n) is 2.22. The van der Waals surface area contributed by atoms with E-state index in [9.17, 15) is 0 Å². The fourth-order valence-corrected chi connectivity index (χ4v) is 1.88. The number of aromatic amines is 1. The fourth-order valence-electron chi connectivity index (χ4n) is 1.43. The molecule has 0 fully saturated rings. The second kappa shape index (κ2) is 4.76. The van der Waals surface area contributed by atoms with Crippen LogP contribution in [0.1, 0.15) is 30.2 Å². The van der Waals surface area contributed by atoms with Crippen LogP contribution in [0.25, 0.3) is 0 Å². The first-order valence-corrected chi connectivity index (χ1v) is 5.85. The lowest BCUT2D eigenvalue weighted by Crippen LogP contribution is -2.06. The molecule has 1 unspecified atom stereocenters. The van der Waals surface area contributed by atoms with Gasteiger partial charge in [0.1, 0.15) is 5.82 Å². The van der Waals surface area contributed by atoms with Crippen LogP contribution in [-0.4, -0.2) is 15.2 Å². The Morgan fingerprint density at radius 2 is 2.31 bits per heavy atom. The van der Waals surface area contributed by atoms with E-state index < -0.39 is 0 Å². The Morgan fingerprint density at radius 1 is 1.50 bits per heavy atom. The zero-order valence-electron chi connectivity index (χ0n) is 8.94. The highest BCUT2D eigenvalue weighted by Crippen LogP contribution is 2.14. The van der Waals surface area contributed by atoms with Gasteiger partial charge in [0, 0.05) is 10.9 Å². The SMILES string of the molecule is CC(N)c1n[nH]c(Cc2cccc(Br)c2)n1. The van der Waals surface area contributed by atoms with E-state index in [4.69, 9.17) is 5.73 Å². The first kappa shape index (κ1) is 11.3. The summed E-state index contributed by atoms with van der Waals surface area (Å²) in [5, 5.41) is 6.96. The van der Waals surface area contributed by atoms with Crippen molar-refractivity contribution < 1.29 is 0 Å². The summed E-state index contributed by atoms with van der Waals surface area (Å²) in [7, 11) is 0. The summed E-state index contributed by atoms with van der Waals surface area (Å²) in [6.07, 6.45) is 0.735. The molecule has 0 bridgehead atoms. The largest absolute Gasteiger partial charge is 0.321 e. The molecule has 4 nitrogen and oxygen atoms in total. The third kappa shape index (κ3) is 2.68. The molecule has 1 atom stereocenters. The molecule has 2 aromatic rings. The maximum atomic E-state index is 5.69. The van der Waals surface area contributed by atoms with Gasteiger partial charge in [-0.1, -0.05) is 28.1 Å². The normalized spacial score (nSPS) is 12.7. The Hall–Kier alpha value is -1.20. The molecule has 0 saturated heterocycles. The van der Waals surface area contributed by atoms with Gasteiger partial charge in [-0.05, 0) is 24.6 Å². The smallest absolute Gasteiger partial charge is 0.167 e. The summed E-state index contributed by atoms with van der Waals surface area (Å²) in [6, 6.07) is 7.99. The molecule has 0 aliphatic carbocycles. The lowest BCUT2D eigenvalue weighted by Gasteiger charge is -1.98. The minimum atomic E-state index is -0.132. The molecule has 0 aliphatic rings. The van der Waals surface area contributed by atoms with Crippen LogP contribution in [0.4, 0.5) is 0 Å². The van der Waals surface area contributed by atoms with Crippen LogP contribution in [0.2, 0.25) is 0 Å². The van der Waals surface area contributed by atoms with Crippen molar-refractivity contribution in [2.45, 2.75) is 19.4 Å². The Labute approximate surface area is 102 Å². The average molecular weight is 281 g/mol. The second-order valence-corrected chi connectivity index (χ2v) is 4.65. The molecule has 1 aromatic carbocycles. The van der Waals surface area contributed by atoms with Crippen molar-refractivity contribution in [2.75, 3.05) is 0 Å². The van der Waals surface area contributed by atoms with Gasteiger partial charge in [0.25, 0.3) is 0 Å². The number of nitrogens with two attached hydrogens (primary N) is 1. The summed E-state index contributed by atoms with van der Waals surface area (Å²) in [4.78, 5) is 4.33. The first-order valence-electron chi connectivity index (χ1n) is 5.06. The van der Waals surface area contributed by atoms with Crippen LogP contribution in [0.15, 0.2) is 28.7 Å². The van der Waals surface area contributed by atoms with Crippen molar-refractivity contribution in [3.8, 4) is 0 Å². The molecule has 1 heterocycles. The lowest BCUT2D eigenvalue weighted by atomic mass is 10.1. The summed E-state index contributed by atoms with van der Waals surface area (Å²) >= 11 is 3.44. The molecule has 0 aliphatic heterocycles. The molecule has 0 saturated carbocycles. The van der Waals surface area contributed by atoms with Crippen LogP contribution < -0.4 is 5.73 Å². The van der Waals surface area contributed by atoms with Crippen molar-refractivity contribution in [3.63, 3.8) is 0 Å². The fraction of sp³-hybridized carbons (Fsp3) is 0.273. The summed E-state index contributed by atoms with van der Waals surface area (Å²) < 4.78 is 1.07. The number of nitrogens with one attached hydrogen (secondary N) is 1. The predicted molar refractivity (Wildman–Crippen MR) is 65.9 cm³/mol. The van der Waals surface area contributed by atoms with E-state index in [1.54, 1.807) is 0 Å². The van der Waals surface area contributed by atoms with Crippen molar-refractivity contribution in [3.05, 3.63) is 46.0 Å². The quantitative estimate of drug-likeness (QED) is 0.906. The van der Waals surface area contributed by atoms with Crippen LogP contribution >= 0.6 is 15.9 Å². The Balaban J connectivity index is 2.14. The number of H-pyrrole nitrogens is 1.